The smallest absolute Gasteiger partial charge is 0.231 e. The van der Waals surface area contributed by atoms with Crippen molar-refractivity contribution in [2.75, 3.05) is 10.6 Å². The number of benzene rings is 1. The number of rotatable bonds is 5. The quantitative estimate of drug-likeness (QED) is 0.643. The molecule has 2 N–H and O–H groups in total. The van der Waals surface area contributed by atoms with E-state index in [0.29, 0.717) is 23.7 Å². The SMILES string of the molecule is C[B]c1nc(Nc2ccc(C)c(C)c2)nc(NC2CCCCCC2)n1. The first-order chi connectivity index (χ1) is 12.1. The molecule has 1 aliphatic rings. The molecule has 0 amide bonds. The summed E-state index contributed by atoms with van der Waals surface area (Å²) in [4.78, 5) is 13.6. The van der Waals surface area contributed by atoms with Gasteiger partial charge in [0.2, 0.25) is 19.2 Å². The molecule has 6 heteroatoms. The summed E-state index contributed by atoms with van der Waals surface area (Å²) >= 11 is 0. The van der Waals surface area contributed by atoms with Crippen LogP contribution in [0.1, 0.15) is 49.7 Å². The molecular weight excluding hydrogens is 309 g/mol. The van der Waals surface area contributed by atoms with E-state index in [0.717, 1.165) is 5.69 Å². The number of aryl methyl sites for hydroxylation is 2. The number of aromatic nitrogens is 3. The lowest BCUT2D eigenvalue weighted by Crippen LogP contribution is -2.27. The van der Waals surface area contributed by atoms with Crippen LogP contribution in [0.3, 0.4) is 0 Å². The molecule has 0 aliphatic heterocycles. The van der Waals surface area contributed by atoms with Crippen LogP contribution < -0.4 is 16.4 Å². The van der Waals surface area contributed by atoms with Crippen molar-refractivity contribution < 1.29 is 0 Å². The standard InChI is InChI=1S/C19H27BN5/c1-13-10-11-16(12-14(13)2)22-19-24-17(20-3)23-18(25-19)21-15-8-6-4-5-7-9-15/h10-12,15H,4-9H2,1-3H3,(H2,21,22,23,24,25). The maximum Gasteiger partial charge on any atom is 0.231 e. The van der Waals surface area contributed by atoms with Crippen molar-refractivity contribution in [2.24, 2.45) is 0 Å². The highest BCUT2D eigenvalue weighted by Gasteiger charge is 2.14. The highest BCUT2D eigenvalue weighted by molar-refractivity contribution is 6.49. The Hall–Kier alpha value is -2.11. The lowest BCUT2D eigenvalue weighted by atomic mass is 9.81. The second kappa shape index (κ2) is 8.32. The molecule has 131 valence electrons. The van der Waals surface area contributed by atoms with Gasteiger partial charge in [-0.05, 0) is 49.9 Å². The van der Waals surface area contributed by atoms with E-state index < -0.39 is 0 Å². The summed E-state index contributed by atoms with van der Waals surface area (Å²) < 4.78 is 0. The predicted octanol–water partition coefficient (Wildman–Crippen LogP) is 3.74. The topological polar surface area (TPSA) is 62.7 Å². The molecule has 1 saturated carbocycles. The minimum absolute atomic E-state index is 0.462. The molecule has 1 fully saturated rings. The number of nitrogens with one attached hydrogen (secondary N) is 2. The predicted molar refractivity (Wildman–Crippen MR) is 105 cm³/mol. The molecule has 0 unspecified atom stereocenters. The molecule has 3 rings (SSSR count). The van der Waals surface area contributed by atoms with Crippen molar-refractivity contribution in [1.82, 2.24) is 15.0 Å². The maximum absolute atomic E-state index is 4.59. The summed E-state index contributed by atoms with van der Waals surface area (Å²) in [6, 6.07) is 6.74. The van der Waals surface area contributed by atoms with Crippen molar-refractivity contribution in [3.63, 3.8) is 0 Å². The van der Waals surface area contributed by atoms with Crippen LogP contribution in [0.2, 0.25) is 6.82 Å². The first kappa shape index (κ1) is 17.7. The molecule has 0 atom stereocenters. The van der Waals surface area contributed by atoms with Crippen LogP contribution in [0.25, 0.3) is 0 Å². The molecule has 1 aromatic heterocycles. The lowest BCUT2D eigenvalue weighted by molar-refractivity contribution is 0.615. The molecule has 0 spiro atoms. The Bertz CT molecular complexity index is 711. The van der Waals surface area contributed by atoms with Gasteiger partial charge in [0.15, 0.2) is 0 Å². The first-order valence-electron chi connectivity index (χ1n) is 9.30. The van der Waals surface area contributed by atoms with Gasteiger partial charge in [0.05, 0.1) is 5.72 Å². The average molecular weight is 336 g/mol. The monoisotopic (exact) mass is 336 g/mol. The van der Waals surface area contributed by atoms with Crippen molar-refractivity contribution >= 4 is 30.6 Å². The fraction of sp³-hybridized carbons (Fsp3) is 0.526. The molecule has 5 nitrogen and oxygen atoms in total. The van der Waals surface area contributed by atoms with Gasteiger partial charge >= 0.3 is 0 Å². The summed E-state index contributed by atoms with van der Waals surface area (Å²) in [7, 11) is 1.91. The van der Waals surface area contributed by atoms with Gasteiger partial charge in [0, 0.05) is 11.7 Å². The summed E-state index contributed by atoms with van der Waals surface area (Å²) in [5.41, 5.74) is 4.21. The summed E-state index contributed by atoms with van der Waals surface area (Å²) in [6.07, 6.45) is 7.62. The van der Waals surface area contributed by atoms with Gasteiger partial charge < -0.3 is 10.6 Å². The Labute approximate surface area is 151 Å². The Morgan fingerprint density at radius 3 is 2.32 bits per heavy atom. The average Bonchev–Trinajstić information content (AvgIpc) is 2.86. The van der Waals surface area contributed by atoms with Gasteiger partial charge in [-0.15, -0.1) is 0 Å². The Kier molecular flexibility index (Phi) is 5.89. The number of hydrogen-bond donors (Lipinski definition) is 2. The zero-order valence-electron chi connectivity index (χ0n) is 15.5. The van der Waals surface area contributed by atoms with E-state index in [4.69, 9.17) is 0 Å². The van der Waals surface area contributed by atoms with Crippen LogP contribution in [-0.2, 0) is 0 Å². The van der Waals surface area contributed by atoms with E-state index in [2.05, 4.69) is 57.6 Å². The van der Waals surface area contributed by atoms with E-state index in [1.54, 1.807) is 0 Å². The minimum atomic E-state index is 0.462. The van der Waals surface area contributed by atoms with E-state index in [1.165, 1.54) is 49.7 Å². The molecule has 0 bridgehead atoms. The molecule has 0 saturated heterocycles. The molecule has 1 aliphatic carbocycles. The molecular formula is C19H27BN5. The zero-order valence-corrected chi connectivity index (χ0v) is 15.5. The molecule has 2 aromatic rings. The number of nitrogens with zero attached hydrogens (tertiary/aromatic N) is 3. The van der Waals surface area contributed by atoms with Gasteiger partial charge in [-0.1, -0.05) is 38.6 Å². The summed E-state index contributed by atoms with van der Waals surface area (Å²) in [5, 5.41) is 6.83. The van der Waals surface area contributed by atoms with Gasteiger partial charge in [-0.25, -0.2) is 9.97 Å². The third-order valence-electron chi connectivity index (χ3n) is 4.86. The van der Waals surface area contributed by atoms with Crippen LogP contribution >= 0.6 is 0 Å². The molecule has 25 heavy (non-hydrogen) atoms. The zero-order chi connectivity index (χ0) is 17.6. The fourth-order valence-corrected chi connectivity index (χ4v) is 3.20. The van der Waals surface area contributed by atoms with Crippen molar-refractivity contribution in [3.8, 4) is 0 Å². The largest absolute Gasteiger partial charge is 0.351 e. The Balaban J connectivity index is 1.77. The van der Waals surface area contributed by atoms with Gasteiger partial charge in [0.1, 0.15) is 0 Å². The molecule has 1 aromatic carbocycles. The summed E-state index contributed by atoms with van der Waals surface area (Å²) in [5.74, 6) is 1.25. The third kappa shape index (κ3) is 4.94. The lowest BCUT2D eigenvalue weighted by Gasteiger charge is -2.17. The highest BCUT2D eigenvalue weighted by atomic mass is 15.2. The van der Waals surface area contributed by atoms with Crippen LogP contribution in [0, 0.1) is 13.8 Å². The van der Waals surface area contributed by atoms with E-state index >= 15 is 0 Å². The number of anilines is 3. The Morgan fingerprint density at radius 1 is 0.920 bits per heavy atom. The maximum atomic E-state index is 4.59. The molecule has 1 heterocycles. The second-order valence-electron chi connectivity index (χ2n) is 6.89. The van der Waals surface area contributed by atoms with E-state index in [1.807, 2.05) is 14.1 Å². The minimum Gasteiger partial charge on any atom is -0.351 e. The molecule has 1 radical (unpaired) electrons. The van der Waals surface area contributed by atoms with Crippen LogP contribution in [0.5, 0.6) is 0 Å². The number of hydrogen-bond acceptors (Lipinski definition) is 5. The van der Waals surface area contributed by atoms with Crippen molar-refractivity contribution in [3.05, 3.63) is 29.3 Å². The van der Waals surface area contributed by atoms with Crippen LogP contribution in [0.15, 0.2) is 18.2 Å². The fourth-order valence-electron chi connectivity index (χ4n) is 3.20. The van der Waals surface area contributed by atoms with E-state index in [-0.39, 0.29) is 0 Å². The van der Waals surface area contributed by atoms with Crippen LogP contribution in [-0.4, -0.2) is 28.3 Å². The van der Waals surface area contributed by atoms with Crippen LogP contribution in [0.4, 0.5) is 17.6 Å². The van der Waals surface area contributed by atoms with Crippen molar-refractivity contribution in [1.29, 1.82) is 0 Å². The highest BCUT2D eigenvalue weighted by Crippen LogP contribution is 2.21. The van der Waals surface area contributed by atoms with Gasteiger partial charge in [-0.2, -0.15) is 4.98 Å². The Morgan fingerprint density at radius 2 is 1.64 bits per heavy atom. The van der Waals surface area contributed by atoms with Crippen molar-refractivity contribution in [2.45, 2.75) is 65.2 Å². The normalized spacial score (nSPS) is 15.5. The third-order valence-corrected chi connectivity index (χ3v) is 4.86. The van der Waals surface area contributed by atoms with E-state index in [9.17, 15) is 0 Å². The second-order valence-corrected chi connectivity index (χ2v) is 6.89. The van der Waals surface area contributed by atoms with Gasteiger partial charge in [-0.3, -0.25) is 0 Å². The summed E-state index contributed by atoms with van der Waals surface area (Å²) in [6.45, 7) is 6.17. The first-order valence-corrected chi connectivity index (χ1v) is 9.30. The van der Waals surface area contributed by atoms with Gasteiger partial charge in [0.25, 0.3) is 0 Å².